The topological polar surface area (TPSA) is 12.0 Å². The summed E-state index contributed by atoms with van der Waals surface area (Å²) < 4.78 is 0.969. The van der Waals surface area contributed by atoms with Crippen molar-refractivity contribution in [3.8, 4) is 0 Å². The lowest BCUT2D eigenvalue weighted by Crippen LogP contribution is -2.00. The Morgan fingerprint density at radius 2 is 1.83 bits per heavy atom. The lowest BCUT2D eigenvalue weighted by atomic mass is 10.1. The Bertz CT molecular complexity index is 570. The van der Waals surface area contributed by atoms with Crippen LogP contribution in [0.1, 0.15) is 11.1 Å². The van der Waals surface area contributed by atoms with Crippen LogP contribution in [0.3, 0.4) is 0 Å². The van der Waals surface area contributed by atoms with Gasteiger partial charge in [-0.15, -0.1) is 0 Å². The molecule has 0 bridgehead atoms. The molecule has 0 aromatic heterocycles. The van der Waals surface area contributed by atoms with Crippen molar-refractivity contribution in [2.45, 2.75) is 13.5 Å². The smallest absolute Gasteiger partial charge is 0.0648 e. The van der Waals surface area contributed by atoms with Gasteiger partial charge in [-0.1, -0.05) is 51.3 Å². The molecule has 0 saturated heterocycles. The van der Waals surface area contributed by atoms with Crippen LogP contribution >= 0.6 is 39.1 Å². The van der Waals surface area contributed by atoms with Crippen molar-refractivity contribution in [3.63, 3.8) is 0 Å². The van der Waals surface area contributed by atoms with Gasteiger partial charge in [0.25, 0.3) is 0 Å². The minimum Gasteiger partial charge on any atom is -0.380 e. The summed E-state index contributed by atoms with van der Waals surface area (Å²) >= 11 is 15.6. The molecule has 0 aliphatic heterocycles. The highest BCUT2D eigenvalue weighted by atomic mass is 79.9. The Morgan fingerprint density at radius 3 is 2.50 bits per heavy atom. The first-order chi connectivity index (χ1) is 8.56. The van der Waals surface area contributed by atoms with Crippen LogP contribution in [0.25, 0.3) is 0 Å². The number of halogens is 3. The molecule has 0 saturated carbocycles. The molecule has 2 rings (SSSR count). The molecule has 2 aromatic carbocycles. The van der Waals surface area contributed by atoms with E-state index in [0.717, 1.165) is 26.3 Å². The molecule has 0 spiro atoms. The van der Waals surface area contributed by atoms with Crippen LogP contribution in [0, 0.1) is 6.92 Å². The van der Waals surface area contributed by atoms with Gasteiger partial charge in [0.1, 0.15) is 0 Å². The number of hydrogen-bond donors (Lipinski definition) is 1. The van der Waals surface area contributed by atoms with Gasteiger partial charge in [0.2, 0.25) is 0 Å². The minimum atomic E-state index is 0.696. The fraction of sp³-hybridized carbons (Fsp3) is 0.143. The fourth-order valence-electron chi connectivity index (χ4n) is 1.58. The Labute approximate surface area is 125 Å². The summed E-state index contributed by atoms with van der Waals surface area (Å²) in [5.41, 5.74) is 3.13. The van der Waals surface area contributed by atoms with E-state index in [1.54, 1.807) is 0 Å². The number of rotatable bonds is 3. The highest BCUT2D eigenvalue weighted by Crippen LogP contribution is 2.26. The molecular weight excluding hydrogens is 333 g/mol. The molecule has 0 unspecified atom stereocenters. The second kappa shape index (κ2) is 5.96. The molecule has 0 fully saturated rings. The van der Waals surface area contributed by atoms with E-state index >= 15 is 0 Å². The number of anilines is 1. The van der Waals surface area contributed by atoms with Gasteiger partial charge >= 0.3 is 0 Å². The van der Waals surface area contributed by atoms with Gasteiger partial charge in [-0.3, -0.25) is 0 Å². The lowest BCUT2D eigenvalue weighted by molar-refractivity contribution is 1.14. The van der Waals surface area contributed by atoms with Crippen LogP contribution in [0.4, 0.5) is 5.69 Å². The molecule has 0 heterocycles. The molecule has 0 aliphatic rings. The number of aryl methyl sites for hydroxylation is 1. The Hall–Kier alpha value is -0.700. The van der Waals surface area contributed by atoms with E-state index in [2.05, 4.69) is 27.3 Å². The highest BCUT2D eigenvalue weighted by molar-refractivity contribution is 9.10. The highest BCUT2D eigenvalue weighted by Gasteiger charge is 2.02. The van der Waals surface area contributed by atoms with Gasteiger partial charge in [0, 0.05) is 16.0 Å². The average molecular weight is 345 g/mol. The predicted octanol–water partition coefficient (Wildman–Crippen LogP) is 5.68. The van der Waals surface area contributed by atoms with E-state index in [4.69, 9.17) is 23.2 Å². The largest absolute Gasteiger partial charge is 0.380 e. The van der Waals surface area contributed by atoms with E-state index in [9.17, 15) is 0 Å². The minimum absolute atomic E-state index is 0.696. The number of hydrogen-bond acceptors (Lipinski definition) is 1. The van der Waals surface area contributed by atoms with Gasteiger partial charge in [-0.2, -0.15) is 0 Å². The lowest BCUT2D eigenvalue weighted by Gasteiger charge is -2.09. The first-order valence-corrected chi connectivity index (χ1v) is 7.05. The Morgan fingerprint density at radius 1 is 1.06 bits per heavy atom. The van der Waals surface area contributed by atoms with Crippen LogP contribution in [-0.2, 0) is 6.54 Å². The van der Waals surface area contributed by atoms with Crippen molar-refractivity contribution >= 4 is 44.8 Å². The maximum absolute atomic E-state index is 6.13. The summed E-state index contributed by atoms with van der Waals surface area (Å²) in [6, 6.07) is 11.8. The normalized spacial score (nSPS) is 10.4. The third-order valence-electron chi connectivity index (χ3n) is 2.65. The van der Waals surface area contributed by atoms with Crippen molar-refractivity contribution in [2.24, 2.45) is 0 Å². The first-order valence-electron chi connectivity index (χ1n) is 5.50. The summed E-state index contributed by atoms with van der Waals surface area (Å²) in [6.07, 6.45) is 0. The van der Waals surface area contributed by atoms with Crippen molar-refractivity contribution in [3.05, 3.63) is 62.0 Å². The van der Waals surface area contributed by atoms with Crippen molar-refractivity contribution in [1.82, 2.24) is 0 Å². The standard InChI is InChI=1S/C14H12BrCl2N/c1-9-2-3-10(6-12(9)16)8-18-14-5-4-11(15)7-13(14)17/h2-7,18H,8H2,1H3. The summed E-state index contributed by atoms with van der Waals surface area (Å²) in [4.78, 5) is 0. The van der Waals surface area contributed by atoms with Crippen molar-refractivity contribution in [1.29, 1.82) is 0 Å². The van der Waals surface area contributed by atoms with Crippen molar-refractivity contribution < 1.29 is 0 Å². The van der Waals surface area contributed by atoms with Crippen LogP contribution in [0.2, 0.25) is 10.0 Å². The third kappa shape index (κ3) is 3.41. The van der Waals surface area contributed by atoms with Crippen LogP contribution < -0.4 is 5.32 Å². The second-order valence-electron chi connectivity index (χ2n) is 4.06. The van der Waals surface area contributed by atoms with Crippen molar-refractivity contribution in [2.75, 3.05) is 5.32 Å². The van der Waals surface area contributed by atoms with Gasteiger partial charge in [-0.25, -0.2) is 0 Å². The molecule has 94 valence electrons. The molecule has 2 aromatic rings. The fourth-order valence-corrected chi connectivity index (χ4v) is 2.52. The molecule has 1 nitrogen and oxygen atoms in total. The molecule has 18 heavy (non-hydrogen) atoms. The first kappa shape index (κ1) is 13.7. The zero-order valence-electron chi connectivity index (χ0n) is 9.81. The van der Waals surface area contributed by atoms with E-state index in [-0.39, 0.29) is 0 Å². The summed E-state index contributed by atoms with van der Waals surface area (Å²) in [5, 5.41) is 4.78. The molecule has 4 heteroatoms. The Balaban J connectivity index is 2.09. The summed E-state index contributed by atoms with van der Waals surface area (Å²) in [5.74, 6) is 0. The molecule has 1 N–H and O–H groups in total. The maximum atomic E-state index is 6.13. The van der Waals surface area contributed by atoms with E-state index < -0.39 is 0 Å². The number of benzene rings is 2. The maximum Gasteiger partial charge on any atom is 0.0648 e. The zero-order valence-corrected chi connectivity index (χ0v) is 12.9. The van der Waals surface area contributed by atoms with E-state index in [0.29, 0.717) is 11.6 Å². The van der Waals surface area contributed by atoms with Gasteiger partial charge in [0.15, 0.2) is 0 Å². The van der Waals surface area contributed by atoms with E-state index in [1.807, 2.05) is 37.3 Å². The van der Waals surface area contributed by atoms with Crippen LogP contribution in [-0.4, -0.2) is 0 Å². The Kier molecular flexibility index (Phi) is 4.55. The summed E-state index contributed by atoms with van der Waals surface area (Å²) in [6.45, 7) is 2.69. The molecule has 0 aliphatic carbocycles. The monoisotopic (exact) mass is 343 g/mol. The van der Waals surface area contributed by atoms with Gasteiger partial charge < -0.3 is 5.32 Å². The zero-order chi connectivity index (χ0) is 13.1. The second-order valence-corrected chi connectivity index (χ2v) is 5.79. The quantitative estimate of drug-likeness (QED) is 0.755. The molecule has 0 radical (unpaired) electrons. The predicted molar refractivity (Wildman–Crippen MR) is 82.7 cm³/mol. The average Bonchev–Trinajstić information content (AvgIpc) is 2.32. The third-order valence-corrected chi connectivity index (χ3v) is 3.86. The van der Waals surface area contributed by atoms with Gasteiger partial charge in [0.05, 0.1) is 10.7 Å². The van der Waals surface area contributed by atoms with Crippen LogP contribution in [0.5, 0.6) is 0 Å². The summed E-state index contributed by atoms with van der Waals surface area (Å²) in [7, 11) is 0. The van der Waals surface area contributed by atoms with E-state index in [1.165, 1.54) is 0 Å². The number of nitrogens with one attached hydrogen (secondary N) is 1. The SMILES string of the molecule is Cc1ccc(CNc2ccc(Br)cc2Cl)cc1Cl. The van der Waals surface area contributed by atoms with Crippen LogP contribution in [0.15, 0.2) is 40.9 Å². The molecular formula is C14H12BrCl2N. The van der Waals surface area contributed by atoms with Gasteiger partial charge in [-0.05, 0) is 42.3 Å². The molecule has 0 amide bonds. The molecule has 0 atom stereocenters.